The van der Waals surface area contributed by atoms with Gasteiger partial charge in [0.15, 0.2) is 11.9 Å². The number of aldehydes is 1. The summed E-state index contributed by atoms with van der Waals surface area (Å²) in [5.41, 5.74) is 5.45. The zero-order chi connectivity index (χ0) is 17.7. The Kier molecular flexibility index (Phi) is 3.15. The van der Waals surface area contributed by atoms with Crippen molar-refractivity contribution in [1.29, 1.82) is 0 Å². The van der Waals surface area contributed by atoms with Gasteiger partial charge in [0, 0.05) is 44.0 Å². The summed E-state index contributed by atoms with van der Waals surface area (Å²) in [5.74, 6) is 0.866. The molecular formula is C19H16N6O. The van der Waals surface area contributed by atoms with E-state index in [4.69, 9.17) is 4.98 Å². The van der Waals surface area contributed by atoms with Crippen molar-refractivity contribution in [3.8, 4) is 11.3 Å². The SMILES string of the molecule is Cn1cc(-c2cc(N3Cc4ccccc4C3)nc3cc(C=O)nn23)cn1. The largest absolute Gasteiger partial charge is 0.348 e. The Hall–Kier alpha value is -3.48. The monoisotopic (exact) mass is 344 g/mol. The number of nitrogens with zero attached hydrogens (tertiary/aromatic N) is 6. The Labute approximate surface area is 149 Å². The molecule has 0 saturated heterocycles. The average molecular weight is 344 g/mol. The van der Waals surface area contributed by atoms with E-state index in [0.29, 0.717) is 11.3 Å². The highest BCUT2D eigenvalue weighted by atomic mass is 16.1. The van der Waals surface area contributed by atoms with Crippen LogP contribution in [-0.4, -0.2) is 30.7 Å². The molecule has 1 aliphatic rings. The second-order valence-corrected chi connectivity index (χ2v) is 6.48. The Morgan fingerprint density at radius 3 is 2.54 bits per heavy atom. The van der Waals surface area contributed by atoms with E-state index in [0.717, 1.165) is 36.5 Å². The maximum atomic E-state index is 11.2. The summed E-state index contributed by atoms with van der Waals surface area (Å²) in [6.07, 6.45) is 4.46. The number of aromatic nitrogens is 5. The molecule has 0 aliphatic carbocycles. The van der Waals surface area contributed by atoms with Gasteiger partial charge in [0.25, 0.3) is 0 Å². The first kappa shape index (κ1) is 14.8. The second kappa shape index (κ2) is 5.52. The first-order valence-corrected chi connectivity index (χ1v) is 8.38. The Bertz CT molecular complexity index is 1120. The molecule has 7 heteroatoms. The van der Waals surface area contributed by atoms with E-state index < -0.39 is 0 Å². The van der Waals surface area contributed by atoms with Crippen molar-refractivity contribution < 1.29 is 4.79 Å². The van der Waals surface area contributed by atoms with Crippen molar-refractivity contribution in [1.82, 2.24) is 24.4 Å². The fraction of sp³-hybridized carbons (Fsp3) is 0.158. The molecule has 4 aromatic rings. The van der Waals surface area contributed by atoms with Gasteiger partial charge in [-0.3, -0.25) is 9.48 Å². The highest BCUT2D eigenvalue weighted by molar-refractivity contribution is 5.76. The third-order valence-electron chi connectivity index (χ3n) is 4.72. The van der Waals surface area contributed by atoms with Crippen LogP contribution in [0.3, 0.4) is 0 Å². The molecule has 0 amide bonds. The van der Waals surface area contributed by atoms with E-state index >= 15 is 0 Å². The van der Waals surface area contributed by atoms with Gasteiger partial charge in [-0.2, -0.15) is 10.2 Å². The first-order chi connectivity index (χ1) is 12.7. The standard InChI is InChI=1S/C19H16N6O/c1-23-9-15(8-20-23)17-7-18(21-19-6-16(12-26)22-25(17)19)24-10-13-4-2-3-5-14(13)11-24/h2-9,12H,10-11H2,1H3. The molecule has 1 aliphatic heterocycles. The van der Waals surface area contributed by atoms with Crippen molar-refractivity contribution in [3.05, 3.63) is 65.6 Å². The molecule has 1 aromatic carbocycles. The van der Waals surface area contributed by atoms with Gasteiger partial charge in [0.2, 0.25) is 0 Å². The van der Waals surface area contributed by atoms with Gasteiger partial charge >= 0.3 is 0 Å². The molecule has 0 N–H and O–H groups in total. The lowest BCUT2D eigenvalue weighted by Crippen LogP contribution is -2.17. The van der Waals surface area contributed by atoms with Gasteiger partial charge in [-0.15, -0.1) is 0 Å². The van der Waals surface area contributed by atoms with Crippen LogP contribution >= 0.6 is 0 Å². The zero-order valence-corrected chi connectivity index (χ0v) is 14.2. The highest BCUT2D eigenvalue weighted by Crippen LogP contribution is 2.30. The topological polar surface area (TPSA) is 68.3 Å². The maximum Gasteiger partial charge on any atom is 0.170 e. The van der Waals surface area contributed by atoms with Gasteiger partial charge in [0.1, 0.15) is 11.5 Å². The van der Waals surface area contributed by atoms with E-state index in [9.17, 15) is 4.79 Å². The number of hydrogen-bond acceptors (Lipinski definition) is 5. The van der Waals surface area contributed by atoms with Crippen molar-refractivity contribution in [2.24, 2.45) is 7.05 Å². The van der Waals surface area contributed by atoms with E-state index in [1.807, 2.05) is 19.3 Å². The van der Waals surface area contributed by atoms with Crippen LogP contribution in [0, 0.1) is 0 Å². The van der Waals surface area contributed by atoms with Gasteiger partial charge < -0.3 is 4.90 Å². The minimum absolute atomic E-state index is 0.365. The molecule has 4 heterocycles. The molecule has 128 valence electrons. The lowest BCUT2D eigenvalue weighted by atomic mass is 10.1. The van der Waals surface area contributed by atoms with Crippen LogP contribution in [0.2, 0.25) is 0 Å². The van der Waals surface area contributed by atoms with Gasteiger partial charge in [-0.05, 0) is 11.1 Å². The summed E-state index contributed by atoms with van der Waals surface area (Å²) in [7, 11) is 1.87. The van der Waals surface area contributed by atoms with Crippen LogP contribution in [-0.2, 0) is 20.1 Å². The van der Waals surface area contributed by atoms with Crippen molar-refractivity contribution >= 4 is 17.8 Å². The second-order valence-electron chi connectivity index (χ2n) is 6.48. The number of benzene rings is 1. The molecule has 0 spiro atoms. The number of carbonyl (C=O) groups excluding carboxylic acids is 1. The van der Waals surface area contributed by atoms with Crippen LogP contribution in [0.1, 0.15) is 21.6 Å². The van der Waals surface area contributed by atoms with E-state index in [-0.39, 0.29) is 0 Å². The van der Waals surface area contributed by atoms with Crippen LogP contribution in [0.25, 0.3) is 16.9 Å². The molecule has 26 heavy (non-hydrogen) atoms. The van der Waals surface area contributed by atoms with Gasteiger partial charge in [-0.25, -0.2) is 9.50 Å². The lowest BCUT2D eigenvalue weighted by Gasteiger charge is -2.18. The minimum Gasteiger partial charge on any atom is -0.348 e. The summed E-state index contributed by atoms with van der Waals surface area (Å²) >= 11 is 0. The zero-order valence-electron chi connectivity index (χ0n) is 14.2. The third kappa shape index (κ3) is 2.28. The molecule has 0 bridgehead atoms. The molecule has 0 saturated carbocycles. The number of fused-ring (bicyclic) bond motifs is 2. The van der Waals surface area contributed by atoms with Crippen LogP contribution in [0.4, 0.5) is 5.82 Å². The summed E-state index contributed by atoms with van der Waals surface area (Å²) < 4.78 is 3.45. The normalized spacial score (nSPS) is 13.3. The molecule has 7 nitrogen and oxygen atoms in total. The Balaban J connectivity index is 1.66. The van der Waals surface area contributed by atoms with Gasteiger partial charge in [-0.1, -0.05) is 24.3 Å². The minimum atomic E-state index is 0.365. The van der Waals surface area contributed by atoms with Crippen molar-refractivity contribution in [2.75, 3.05) is 4.90 Å². The smallest absolute Gasteiger partial charge is 0.170 e. The van der Waals surface area contributed by atoms with E-state index in [1.54, 1.807) is 21.5 Å². The third-order valence-corrected chi connectivity index (χ3v) is 4.72. The number of carbonyl (C=O) groups is 1. The Morgan fingerprint density at radius 1 is 1.12 bits per heavy atom. The van der Waals surface area contributed by atoms with Crippen LogP contribution < -0.4 is 4.90 Å². The fourth-order valence-electron chi connectivity index (χ4n) is 3.45. The fourth-order valence-corrected chi connectivity index (χ4v) is 3.45. The molecule has 3 aromatic heterocycles. The molecule has 0 unspecified atom stereocenters. The van der Waals surface area contributed by atoms with Crippen LogP contribution in [0.5, 0.6) is 0 Å². The summed E-state index contributed by atoms with van der Waals surface area (Å²) in [6.45, 7) is 1.64. The molecular weight excluding hydrogens is 328 g/mol. The number of aryl methyl sites for hydroxylation is 1. The van der Waals surface area contributed by atoms with Crippen molar-refractivity contribution in [3.63, 3.8) is 0 Å². The first-order valence-electron chi connectivity index (χ1n) is 8.38. The number of anilines is 1. The highest BCUT2D eigenvalue weighted by Gasteiger charge is 2.22. The van der Waals surface area contributed by atoms with Crippen molar-refractivity contribution in [2.45, 2.75) is 13.1 Å². The molecule has 5 rings (SSSR count). The summed E-state index contributed by atoms with van der Waals surface area (Å²) in [4.78, 5) is 18.2. The molecule has 0 fully saturated rings. The number of rotatable bonds is 3. The maximum absolute atomic E-state index is 11.2. The molecule has 0 radical (unpaired) electrons. The van der Waals surface area contributed by atoms with Gasteiger partial charge in [0.05, 0.1) is 11.9 Å². The average Bonchev–Trinajstić information content (AvgIpc) is 3.37. The number of hydrogen-bond donors (Lipinski definition) is 0. The predicted molar refractivity (Wildman–Crippen MR) is 96.9 cm³/mol. The van der Waals surface area contributed by atoms with E-state index in [2.05, 4.69) is 39.4 Å². The predicted octanol–water partition coefficient (Wildman–Crippen LogP) is 2.46. The molecule has 0 atom stereocenters. The lowest BCUT2D eigenvalue weighted by molar-refractivity contribution is 0.111. The summed E-state index contributed by atoms with van der Waals surface area (Å²) in [5, 5.41) is 8.61. The quantitative estimate of drug-likeness (QED) is 0.534. The Morgan fingerprint density at radius 2 is 1.88 bits per heavy atom. The van der Waals surface area contributed by atoms with Crippen LogP contribution in [0.15, 0.2) is 48.8 Å². The van der Waals surface area contributed by atoms with E-state index in [1.165, 1.54) is 11.1 Å². The summed E-state index contributed by atoms with van der Waals surface area (Å²) in [6, 6.07) is 12.1.